The van der Waals surface area contributed by atoms with Crippen LogP contribution < -0.4 is 5.32 Å². The summed E-state index contributed by atoms with van der Waals surface area (Å²) in [4.78, 5) is 2.23. The van der Waals surface area contributed by atoms with Crippen molar-refractivity contribution >= 4 is 28.3 Å². The maximum absolute atomic E-state index is 14.3. The van der Waals surface area contributed by atoms with Gasteiger partial charge in [-0.05, 0) is 24.5 Å². The first-order valence-electron chi connectivity index (χ1n) is 7.24. The molecular formula is C15H20BrClF2N2. The Hall–Kier alpha value is -0.230. The number of benzene rings is 1. The van der Waals surface area contributed by atoms with Crippen molar-refractivity contribution in [3.05, 3.63) is 33.8 Å². The normalized spacial score (nSPS) is 20.9. The van der Waals surface area contributed by atoms with Gasteiger partial charge >= 0.3 is 0 Å². The van der Waals surface area contributed by atoms with Gasteiger partial charge in [-0.15, -0.1) is 12.4 Å². The molecule has 6 heteroatoms. The summed E-state index contributed by atoms with van der Waals surface area (Å²) in [5, 5.41) is 3.29. The zero-order valence-corrected chi connectivity index (χ0v) is 14.2. The van der Waals surface area contributed by atoms with E-state index in [-0.39, 0.29) is 24.0 Å². The fourth-order valence-electron chi connectivity index (χ4n) is 2.98. The third-order valence-corrected chi connectivity index (χ3v) is 4.68. The van der Waals surface area contributed by atoms with E-state index in [0.29, 0.717) is 10.4 Å². The van der Waals surface area contributed by atoms with Crippen LogP contribution in [0.3, 0.4) is 0 Å². The zero-order chi connectivity index (χ0) is 14.1. The molecular weight excluding hydrogens is 362 g/mol. The van der Waals surface area contributed by atoms with Crippen molar-refractivity contribution < 1.29 is 8.78 Å². The van der Waals surface area contributed by atoms with Crippen molar-refractivity contribution in [2.24, 2.45) is 5.92 Å². The molecule has 2 aliphatic rings. The molecule has 1 heterocycles. The number of nitrogens with zero attached hydrogens (tertiary/aromatic N) is 1. The molecule has 1 N–H and O–H groups in total. The van der Waals surface area contributed by atoms with E-state index >= 15 is 0 Å². The summed E-state index contributed by atoms with van der Waals surface area (Å²) >= 11 is 3.15. The molecule has 3 rings (SSSR count). The largest absolute Gasteiger partial charge is 0.314 e. The highest BCUT2D eigenvalue weighted by Crippen LogP contribution is 2.41. The number of piperazine rings is 1. The van der Waals surface area contributed by atoms with E-state index in [4.69, 9.17) is 0 Å². The van der Waals surface area contributed by atoms with Gasteiger partial charge in [0.15, 0.2) is 0 Å². The van der Waals surface area contributed by atoms with E-state index in [2.05, 4.69) is 26.1 Å². The summed E-state index contributed by atoms with van der Waals surface area (Å²) in [7, 11) is 0. The number of nitrogens with one attached hydrogen (secondary N) is 1. The van der Waals surface area contributed by atoms with Crippen LogP contribution in [0, 0.1) is 17.6 Å². The topological polar surface area (TPSA) is 15.3 Å². The lowest BCUT2D eigenvalue weighted by Crippen LogP contribution is -2.45. The van der Waals surface area contributed by atoms with Crippen LogP contribution >= 0.6 is 28.3 Å². The van der Waals surface area contributed by atoms with Gasteiger partial charge in [0.1, 0.15) is 11.6 Å². The Morgan fingerprint density at radius 3 is 2.29 bits per heavy atom. The molecule has 0 aromatic heterocycles. The first-order valence-corrected chi connectivity index (χ1v) is 8.03. The van der Waals surface area contributed by atoms with Crippen molar-refractivity contribution in [3.63, 3.8) is 0 Å². The summed E-state index contributed by atoms with van der Waals surface area (Å²) < 4.78 is 29.0. The van der Waals surface area contributed by atoms with Crippen LogP contribution in [0.5, 0.6) is 0 Å². The van der Waals surface area contributed by atoms with Gasteiger partial charge < -0.3 is 5.32 Å². The van der Waals surface area contributed by atoms with E-state index in [1.807, 2.05) is 0 Å². The van der Waals surface area contributed by atoms with Crippen molar-refractivity contribution in [1.82, 2.24) is 10.2 Å². The Balaban J connectivity index is 0.00000161. The molecule has 1 aliphatic heterocycles. The van der Waals surface area contributed by atoms with Crippen molar-refractivity contribution in [2.75, 3.05) is 26.2 Å². The lowest BCUT2D eigenvalue weighted by atomic mass is 9.97. The first-order chi connectivity index (χ1) is 9.65. The van der Waals surface area contributed by atoms with Crippen molar-refractivity contribution in [2.45, 2.75) is 25.3 Å². The summed E-state index contributed by atoms with van der Waals surface area (Å²) in [6.45, 7) is 3.49. The predicted molar refractivity (Wildman–Crippen MR) is 85.8 cm³/mol. The van der Waals surface area contributed by atoms with Crippen LogP contribution in [0.1, 0.15) is 30.9 Å². The Morgan fingerprint density at radius 1 is 1.19 bits per heavy atom. The third-order valence-electron chi connectivity index (χ3n) is 4.22. The Morgan fingerprint density at radius 2 is 1.76 bits per heavy atom. The molecule has 118 valence electrons. The second kappa shape index (κ2) is 7.36. The SMILES string of the molecule is Cl.Fc1cc(Br)cc(F)c1[C@H](CC1CC1)N1CCNCC1. The highest BCUT2D eigenvalue weighted by Gasteiger charge is 2.33. The van der Waals surface area contributed by atoms with Gasteiger partial charge in [0.25, 0.3) is 0 Å². The molecule has 0 radical (unpaired) electrons. The van der Waals surface area contributed by atoms with Gasteiger partial charge in [-0.25, -0.2) is 8.78 Å². The van der Waals surface area contributed by atoms with Gasteiger partial charge in [-0.2, -0.15) is 0 Å². The minimum atomic E-state index is -0.430. The standard InChI is InChI=1S/C15H19BrF2N2.ClH/c16-11-8-12(17)15(13(18)9-11)14(7-10-1-2-10)20-5-3-19-4-6-20;/h8-10,14,19H,1-7H2;1H/t14-;/m0./s1. The molecule has 0 spiro atoms. The number of rotatable bonds is 4. The zero-order valence-electron chi connectivity index (χ0n) is 11.7. The summed E-state index contributed by atoms with van der Waals surface area (Å²) in [5.74, 6) is -0.223. The molecule has 2 fully saturated rings. The molecule has 21 heavy (non-hydrogen) atoms. The molecule has 1 saturated heterocycles. The average Bonchev–Trinajstić information content (AvgIpc) is 3.21. The van der Waals surface area contributed by atoms with Gasteiger partial charge in [0.05, 0.1) is 0 Å². The second-order valence-electron chi connectivity index (χ2n) is 5.76. The summed E-state index contributed by atoms with van der Waals surface area (Å²) in [6.07, 6.45) is 3.26. The van der Waals surface area contributed by atoms with E-state index in [1.165, 1.54) is 25.0 Å². The van der Waals surface area contributed by atoms with Crippen molar-refractivity contribution in [1.29, 1.82) is 0 Å². The summed E-state index contributed by atoms with van der Waals surface area (Å²) in [6, 6.07) is 2.62. The van der Waals surface area contributed by atoms with Gasteiger partial charge in [-0.1, -0.05) is 28.8 Å². The van der Waals surface area contributed by atoms with E-state index in [0.717, 1.165) is 32.6 Å². The first kappa shape index (κ1) is 17.1. The van der Waals surface area contributed by atoms with Gasteiger partial charge in [-0.3, -0.25) is 4.90 Å². The van der Waals surface area contributed by atoms with Crippen LogP contribution in [0.15, 0.2) is 16.6 Å². The van der Waals surface area contributed by atoms with E-state index < -0.39 is 11.6 Å². The molecule has 1 atom stereocenters. The van der Waals surface area contributed by atoms with E-state index in [9.17, 15) is 8.78 Å². The number of halogens is 4. The number of hydrogen-bond acceptors (Lipinski definition) is 2. The van der Waals surface area contributed by atoms with Crippen molar-refractivity contribution in [3.8, 4) is 0 Å². The smallest absolute Gasteiger partial charge is 0.132 e. The molecule has 1 saturated carbocycles. The monoisotopic (exact) mass is 380 g/mol. The second-order valence-corrected chi connectivity index (χ2v) is 6.68. The maximum Gasteiger partial charge on any atom is 0.132 e. The van der Waals surface area contributed by atoms with Crippen LogP contribution in [0.25, 0.3) is 0 Å². The Kier molecular flexibility index (Phi) is 6.00. The lowest BCUT2D eigenvalue weighted by molar-refractivity contribution is 0.154. The number of hydrogen-bond donors (Lipinski definition) is 1. The average molecular weight is 382 g/mol. The van der Waals surface area contributed by atoms with Crippen LogP contribution in [0.2, 0.25) is 0 Å². The predicted octanol–water partition coefficient (Wildman–Crippen LogP) is 3.90. The fourth-order valence-corrected chi connectivity index (χ4v) is 3.39. The van der Waals surface area contributed by atoms with Crippen LogP contribution in [0.4, 0.5) is 8.78 Å². The Labute approximate surface area is 138 Å². The summed E-state index contributed by atoms with van der Waals surface area (Å²) in [5.41, 5.74) is 0.252. The van der Waals surface area contributed by atoms with Gasteiger partial charge in [0.2, 0.25) is 0 Å². The lowest BCUT2D eigenvalue weighted by Gasteiger charge is -2.35. The molecule has 0 unspecified atom stereocenters. The molecule has 1 aliphatic carbocycles. The molecule has 2 nitrogen and oxygen atoms in total. The van der Waals surface area contributed by atoms with Crippen LogP contribution in [-0.4, -0.2) is 31.1 Å². The molecule has 0 bridgehead atoms. The third kappa shape index (κ3) is 4.15. The fraction of sp³-hybridized carbons (Fsp3) is 0.600. The Bertz CT molecular complexity index is 468. The van der Waals surface area contributed by atoms with Crippen LogP contribution in [-0.2, 0) is 0 Å². The molecule has 1 aromatic rings. The minimum Gasteiger partial charge on any atom is -0.314 e. The molecule has 1 aromatic carbocycles. The minimum absolute atomic E-state index is 0. The highest BCUT2D eigenvalue weighted by atomic mass is 79.9. The quantitative estimate of drug-likeness (QED) is 0.851. The molecule has 0 amide bonds. The highest BCUT2D eigenvalue weighted by molar-refractivity contribution is 9.10. The van der Waals surface area contributed by atoms with E-state index in [1.54, 1.807) is 0 Å². The van der Waals surface area contributed by atoms with Gasteiger partial charge in [0, 0.05) is 42.3 Å². The maximum atomic E-state index is 14.3.